The predicted octanol–water partition coefficient (Wildman–Crippen LogP) is 3.07. The molecule has 0 aliphatic heterocycles. The zero-order valence-corrected chi connectivity index (χ0v) is 8.77. The van der Waals surface area contributed by atoms with E-state index >= 15 is 0 Å². The average molecular weight is 224 g/mol. The van der Waals surface area contributed by atoms with Gasteiger partial charge in [-0.1, -0.05) is 22.0 Å². The summed E-state index contributed by atoms with van der Waals surface area (Å²) < 4.78 is 0. The van der Waals surface area contributed by atoms with Crippen LogP contribution in [0.1, 0.15) is 22.3 Å². The minimum absolute atomic E-state index is 0.773. The number of alkyl halides is 1. The number of nitrogens with zero attached hydrogens (tertiary/aromatic N) is 1. The van der Waals surface area contributed by atoms with Crippen LogP contribution in [0, 0.1) is 25.2 Å². The van der Waals surface area contributed by atoms with Gasteiger partial charge in [-0.05, 0) is 36.6 Å². The number of aryl methyl sites for hydroxylation is 1. The molecule has 1 rings (SSSR count). The second kappa shape index (κ2) is 3.73. The van der Waals surface area contributed by atoms with Crippen LogP contribution in [0.3, 0.4) is 0 Å². The summed E-state index contributed by atoms with van der Waals surface area (Å²) in [6.45, 7) is 4.05. The molecule has 0 saturated heterocycles. The molecule has 0 spiro atoms. The van der Waals surface area contributed by atoms with Gasteiger partial charge in [-0.25, -0.2) is 0 Å². The molecule has 0 saturated carbocycles. The van der Waals surface area contributed by atoms with Crippen molar-refractivity contribution in [3.63, 3.8) is 0 Å². The molecule has 0 fully saturated rings. The van der Waals surface area contributed by atoms with Gasteiger partial charge in [0.2, 0.25) is 0 Å². The average Bonchev–Trinajstić information content (AvgIpc) is 2.06. The molecule has 0 amide bonds. The molecule has 0 heterocycles. The van der Waals surface area contributed by atoms with Crippen LogP contribution in [-0.2, 0) is 5.33 Å². The fourth-order valence-electron chi connectivity index (χ4n) is 1.22. The molecule has 0 unspecified atom stereocenters. The van der Waals surface area contributed by atoms with Crippen molar-refractivity contribution >= 4 is 15.9 Å². The number of hydrogen-bond acceptors (Lipinski definition) is 1. The number of benzene rings is 1. The smallest absolute Gasteiger partial charge is 0.0994 e. The lowest BCUT2D eigenvalue weighted by molar-refractivity contribution is 1.23. The Morgan fingerprint density at radius 3 is 2.58 bits per heavy atom. The van der Waals surface area contributed by atoms with E-state index in [1.54, 1.807) is 0 Å². The maximum atomic E-state index is 8.76. The largest absolute Gasteiger partial charge is 0.192 e. The second-order valence-electron chi connectivity index (χ2n) is 2.78. The van der Waals surface area contributed by atoms with Crippen LogP contribution in [0.4, 0.5) is 0 Å². The Labute approximate surface area is 81.2 Å². The zero-order valence-electron chi connectivity index (χ0n) is 7.19. The third-order valence-corrected chi connectivity index (χ3v) is 2.65. The van der Waals surface area contributed by atoms with E-state index in [2.05, 4.69) is 28.9 Å². The van der Waals surface area contributed by atoms with Crippen LogP contribution < -0.4 is 0 Å². The molecule has 2 heteroatoms. The van der Waals surface area contributed by atoms with E-state index in [1.165, 1.54) is 11.1 Å². The van der Waals surface area contributed by atoms with E-state index in [0.29, 0.717) is 0 Å². The zero-order chi connectivity index (χ0) is 9.14. The van der Waals surface area contributed by atoms with Crippen molar-refractivity contribution in [1.82, 2.24) is 0 Å². The first-order valence-corrected chi connectivity index (χ1v) is 4.88. The Morgan fingerprint density at radius 1 is 1.42 bits per heavy atom. The molecule has 0 atom stereocenters. The van der Waals surface area contributed by atoms with Crippen molar-refractivity contribution in [3.8, 4) is 6.07 Å². The standard InChI is InChI=1S/C10H10BrN/c1-7-3-4-9(6-12)8(2)10(7)5-11/h3-4H,5H2,1-2H3. The summed E-state index contributed by atoms with van der Waals surface area (Å²) in [6, 6.07) is 6.04. The van der Waals surface area contributed by atoms with Gasteiger partial charge >= 0.3 is 0 Å². The fraction of sp³-hybridized carbons (Fsp3) is 0.300. The van der Waals surface area contributed by atoms with E-state index in [-0.39, 0.29) is 0 Å². The summed E-state index contributed by atoms with van der Waals surface area (Å²) in [5.41, 5.74) is 4.34. The maximum absolute atomic E-state index is 8.76. The summed E-state index contributed by atoms with van der Waals surface area (Å²) in [4.78, 5) is 0. The molecule has 0 bridgehead atoms. The summed E-state index contributed by atoms with van der Waals surface area (Å²) in [5.74, 6) is 0. The number of hydrogen-bond donors (Lipinski definition) is 0. The Balaban J connectivity index is 3.36. The molecule has 0 aliphatic carbocycles. The molecule has 0 aromatic heterocycles. The Morgan fingerprint density at radius 2 is 2.08 bits per heavy atom. The van der Waals surface area contributed by atoms with Gasteiger partial charge in [0.05, 0.1) is 11.6 Å². The highest BCUT2D eigenvalue weighted by Gasteiger charge is 2.04. The first-order valence-electron chi connectivity index (χ1n) is 3.76. The van der Waals surface area contributed by atoms with Crippen LogP contribution in [0.25, 0.3) is 0 Å². The summed E-state index contributed by atoms with van der Waals surface area (Å²) in [5, 5.41) is 9.58. The van der Waals surface area contributed by atoms with Crippen molar-refractivity contribution in [2.45, 2.75) is 19.2 Å². The quantitative estimate of drug-likeness (QED) is 0.672. The highest BCUT2D eigenvalue weighted by molar-refractivity contribution is 9.08. The summed E-state index contributed by atoms with van der Waals surface area (Å²) >= 11 is 3.41. The van der Waals surface area contributed by atoms with E-state index < -0.39 is 0 Å². The highest BCUT2D eigenvalue weighted by atomic mass is 79.9. The first kappa shape index (κ1) is 9.28. The van der Waals surface area contributed by atoms with Crippen molar-refractivity contribution in [2.75, 3.05) is 0 Å². The lowest BCUT2D eigenvalue weighted by Crippen LogP contribution is -1.93. The van der Waals surface area contributed by atoms with E-state index in [9.17, 15) is 0 Å². The predicted molar refractivity (Wildman–Crippen MR) is 53.3 cm³/mol. The van der Waals surface area contributed by atoms with Crippen molar-refractivity contribution in [1.29, 1.82) is 5.26 Å². The molecule has 1 aromatic rings. The highest BCUT2D eigenvalue weighted by Crippen LogP contribution is 2.19. The molecule has 62 valence electrons. The summed E-state index contributed by atoms with van der Waals surface area (Å²) in [7, 11) is 0. The van der Waals surface area contributed by atoms with Crippen molar-refractivity contribution < 1.29 is 0 Å². The molecule has 12 heavy (non-hydrogen) atoms. The Bertz CT molecular complexity index is 336. The van der Waals surface area contributed by atoms with Gasteiger partial charge in [0, 0.05) is 5.33 Å². The molecule has 1 aromatic carbocycles. The van der Waals surface area contributed by atoms with Gasteiger partial charge in [-0.3, -0.25) is 0 Å². The first-order chi connectivity index (χ1) is 5.70. The van der Waals surface area contributed by atoms with Gasteiger partial charge in [0.1, 0.15) is 0 Å². The molecule has 0 N–H and O–H groups in total. The minimum atomic E-state index is 0.773. The lowest BCUT2D eigenvalue weighted by atomic mass is 10.00. The fourth-order valence-corrected chi connectivity index (χ4v) is 2.08. The molecular formula is C10H10BrN. The lowest BCUT2D eigenvalue weighted by Gasteiger charge is -2.07. The van der Waals surface area contributed by atoms with Crippen LogP contribution >= 0.6 is 15.9 Å². The number of halogens is 1. The SMILES string of the molecule is Cc1ccc(C#N)c(C)c1CBr. The Kier molecular flexibility index (Phi) is 2.88. The van der Waals surface area contributed by atoms with E-state index in [0.717, 1.165) is 16.5 Å². The van der Waals surface area contributed by atoms with Gasteiger partial charge < -0.3 is 0 Å². The molecule has 0 radical (unpaired) electrons. The molecular weight excluding hydrogens is 214 g/mol. The number of rotatable bonds is 1. The van der Waals surface area contributed by atoms with E-state index in [4.69, 9.17) is 5.26 Å². The van der Waals surface area contributed by atoms with Crippen molar-refractivity contribution in [3.05, 3.63) is 34.4 Å². The Hall–Kier alpha value is -0.810. The van der Waals surface area contributed by atoms with Crippen LogP contribution in [0.2, 0.25) is 0 Å². The van der Waals surface area contributed by atoms with Crippen LogP contribution in [0.5, 0.6) is 0 Å². The van der Waals surface area contributed by atoms with Crippen LogP contribution in [-0.4, -0.2) is 0 Å². The van der Waals surface area contributed by atoms with Gasteiger partial charge in [0.25, 0.3) is 0 Å². The topological polar surface area (TPSA) is 23.8 Å². The van der Waals surface area contributed by atoms with Gasteiger partial charge in [-0.15, -0.1) is 0 Å². The third kappa shape index (κ3) is 1.51. The normalized spacial score (nSPS) is 9.50. The molecule has 1 nitrogen and oxygen atoms in total. The molecule has 0 aliphatic rings. The maximum Gasteiger partial charge on any atom is 0.0994 e. The number of nitriles is 1. The monoisotopic (exact) mass is 223 g/mol. The minimum Gasteiger partial charge on any atom is -0.192 e. The third-order valence-electron chi connectivity index (χ3n) is 2.09. The second-order valence-corrected chi connectivity index (χ2v) is 3.34. The van der Waals surface area contributed by atoms with Crippen molar-refractivity contribution in [2.24, 2.45) is 0 Å². The van der Waals surface area contributed by atoms with Gasteiger partial charge in [0.15, 0.2) is 0 Å². The van der Waals surface area contributed by atoms with E-state index in [1.807, 2.05) is 19.1 Å². The van der Waals surface area contributed by atoms with Crippen LogP contribution in [0.15, 0.2) is 12.1 Å². The summed E-state index contributed by atoms with van der Waals surface area (Å²) in [6.07, 6.45) is 0. The van der Waals surface area contributed by atoms with Gasteiger partial charge in [-0.2, -0.15) is 5.26 Å².